The average Bonchev–Trinajstić information content (AvgIpc) is 2.52. The highest BCUT2D eigenvalue weighted by atomic mass is 16.6. The van der Waals surface area contributed by atoms with Crippen LogP contribution in [0.5, 0.6) is 0 Å². The van der Waals surface area contributed by atoms with Gasteiger partial charge in [0.05, 0.1) is 18.8 Å². The number of alkyl carbamates (subject to hydrolysis) is 2. The number of aliphatic hydroxyl groups is 1. The number of rotatable bonds is 5. The Morgan fingerprint density at radius 1 is 0.839 bits per heavy atom. The topological polar surface area (TPSA) is 123 Å². The van der Waals surface area contributed by atoms with Crippen molar-refractivity contribution in [2.24, 2.45) is 0 Å². The summed E-state index contributed by atoms with van der Waals surface area (Å²) < 4.78 is 15.2. The molecule has 31 heavy (non-hydrogen) atoms. The van der Waals surface area contributed by atoms with Crippen LogP contribution < -0.4 is 10.6 Å². The quantitative estimate of drug-likeness (QED) is 0.438. The molecule has 9 heteroatoms. The van der Waals surface area contributed by atoms with Gasteiger partial charge in [-0.2, -0.15) is 0 Å². The van der Waals surface area contributed by atoms with Crippen LogP contribution in [0.4, 0.5) is 9.59 Å². The summed E-state index contributed by atoms with van der Waals surface area (Å²) in [5, 5.41) is 14.5. The van der Waals surface area contributed by atoms with Crippen LogP contribution in [0.2, 0.25) is 0 Å². The molecule has 0 aromatic heterocycles. The fourth-order valence-corrected chi connectivity index (χ4v) is 3.13. The second-order valence-corrected chi connectivity index (χ2v) is 10.2. The molecule has 2 aliphatic rings. The second kappa shape index (κ2) is 10.5. The molecule has 9 nitrogen and oxygen atoms in total. The molecule has 180 valence electrons. The van der Waals surface area contributed by atoms with Crippen molar-refractivity contribution in [3.05, 3.63) is 0 Å². The summed E-state index contributed by atoms with van der Waals surface area (Å²) in [5.74, 6) is -0.364. The van der Waals surface area contributed by atoms with Gasteiger partial charge in [0.15, 0.2) is 0 Å². The van der Waals surface area contributed by atoms with Crippen LogP contribution in [0.1, 0.15) is 87.0 Å². The first-order chi connectivity index (χ1) is 14.2. The standard InChI is InChI=1S/C12H21NO4.C10H19NO3/c1-5-16-9(14)12(7-6-8-12)13-10(15)17-11(2,3)4;1-9(2,3)14-8(13)11-10(7-12)5-4-6-10/h5-8H2,1-4H3,(H,13,15);12H,4-7H2,1-3H3,(H,11,13). The first-order valence-corrected chi connectivity index (χ1v) is 11.0. The molecule has 2 aliphatic carbocycles. The number of carbonyl (C=O) groups is 3. The lowest BCUT2D eigenvalue weighted by Crippen LogP contribution is -2.60. The van der Waals surface area contributed by atoms with Crippen molar-refractivity contribution in [3.63, 3.8) is 0 Å². The normalized spacial score (nSPS) is 18.7. The number of hydrogen-bond donors (Lipinski definition) is 3. The number of ether oxygens (including phenoxy) is 3. The highest BCUT2D eigenvalue weighted by Crippen LogP contribution is 2.33. The largest absolute Gasteiger partial charge is 0.464 e. The van der Waals surface area contributed by atoms with Crippen molar-refractivity contribution in [2.75, 3.05) is 13.2 Å². The predicted molar refractivity (Wildman–Crippen MR) is 116 cm³/mol. The molecule has 2 saturated carbocycles. The minimum atomic E-state index is -0.863. The summed E-state index contributed by atoms with van der Waals surface area (Å²) in [6.07, 6.45) is 3.86. The monoisotopic (exact) mass is 444 g/mol. The van der Waals surface area contributed by atoms with Gasteiger partial charge in [0.2, 0.25) is 0 Å². The van der Waals surface area contributed by atoms with E-state index < -0.39 is 34.5 Å². The third-order valence-corrected chi connectivity index (χ3v) is 4.99. The first kappa shape index (κ1) is 27.0. The molecule has 0 spiro atoms. The van der Waals surface area contributed by atoms with Gasteiger partial charge in [0.25, 0.3) is 0 Å². The van der Waals surface area contributed by atoms with E-state index in [0.29, 0.717) is 19.4 Å². The van der Waals surface area contributed by atoms with E-state index in [1.807, 2.05) is 20.8 Å². The van der Waals surface area contributed by atoms with Crippen LogP contribution in [0.3, 0.4) is 0 Å². The summed E-state index contributed by atoms with van der Waals surface area (Å²) in [7, 11) is 0. The zero-order chi connectivity index (χ0) is 23.9. The molecule has 0 aromatic rings. The first-order valence-electron chi connectivity index (χ1n) is 11.0. The second-order valence-electron chi connectivity index (χ2n) is 10.2. The molecule has 2 amide bonds. The van der Waals surface area contributed by atoms with Crippen LogP contribution in [-0.2, 0) is 19.0 Å². The van der Waals surface area contributed by atoms with Crippen molar-refractivity contribution in [1.82, 2.24) is 10.6 Å². The summed E-state index contributed by atoms with van der Waals surface area (Å²) in [6, 6.07) is 0. The van der Waals surface area contributed by atoms with Crippen LogP contribution in [0, 0.1) is 0 Å². The molecule has 2 rings (SSSR count). The Morgan fingerprint density at radius 2 is 1.29 bits per heavy atom. The van der Waals surface area contributed by atoms with E-state index in [-0.39, 0.29) is 12.6 Å². The van der Waals surface area contributed by atoms with Crippen molar-refractivity contribution in [2.45, 2.75) is 109 Å². The lowest BCUT2D eigenvalue weighted by Gasteiger charge is -2.41. The third kappa shape index (κ3) is 8.93. The molecule has 0 aliphatic heterocycles. The lowest BCUT2D eigenvalue weighted by molar-refractivity contribution is -0.155. The van der Waals surface area contributed by atoms with Gasteiger partial charge < -0.3 is 30.0 Å². The summed E-state index contributed by atoms with van der Waals surface area (Å²) in [4.78, 5) is 34.8. The number of nitrogens with one attached hydrogen (secondary N) is 2. The van der Waals surface area contributed by atoms with E-state index in [4.69, 9.17) is 19.3 Å². The lowest BCUT2D eigenvalue weighted by atomic mass is 9.77. The summed E-state index contributed by atoms with van der Waals surface area (Å²) in [5.41, 5.74) is -2.32. The maximum Gasteiger partial charge on any atom is 0.408 e. The molecule has 0 aromatic carbocycles. The van der Waals surface area contributed by atoms with Gasteiger partial charge in [-0.3, -0.25) is 0 Å². The molecule has 0 radical (unpaired) electrons. The van der Waals surface area contributed by atoms with Crippen molar-refractivity contribution in [3.8, 4) is 0 Å². The Balaban J connectivity index is 0.000000316. The van der Waals surface area contributed by atoms with Gasteiger partial charge >= 0.3 is 18.2 Å². The number of aliphatic hydroxyl groups excluding tert-OH is 1. The smallest absolute Gasteiger partial charge is 0.408 e. The Bertz CT molecular complexity index is 621. The Morgan fingerprint density at radius 3 is 1.58 bits per heavy atom. The summed E-state index contributed by atoms with van der Waals surface area (Å²) >= 11 is 0. The van der Waals surface area contributed by atoms with Crippen molar-refractivity contribution < 1.29 is 33.7 Å². The SMILES string of the molecule is CC(C)(C)OC(=O)NC1(CO)CCC1.CCOC(=O)C1(NC(=O)OC(C)(C)C)CCC1. The predicted octanol–water partition coefficient (Wildman–Crippen LogP) is 3.42. The fraction of sp³-hybridized carbons (Fsp3) is 0.864. The molecule has 0 heterocycles. The summed E-state index contributed by atoms with van der Waals surface area (Å²) in [6.45, 7) is 12.9. The van der Waals surface area contributed by atoms with Gasteiger partial charge in [0, 0.05) is 0 Å². The van der Waals surface area contributed by atoms with E-state index in [9.17, 15) is 14.4 Å². The molecule has 0 bridgehead atoms. The zero-order valence-electron chi connectivity index (χ0n) is 20.1. The van der Waals surface area contributed by atoms with E-state index in [0.717, 1.165) is 25.7 Å². The number of hydrogen-bond acceptors (Lipinski definition) is 7. The maximum atomic E-state index is 11.8. The maximum absolute atomic E-state index is 11.8. The number of esters is 1. The molecular formula is C22H40N2O7. The van der Waals surface area contributed by atoms with Crippen LogP contribution in [0.15, 0.2) is 0 Å². The fourth-order valence-electron chi connectivity index (χ4n) is 3.13. The molecule has 2 fully saturated rings. The van der Waals surface area contributed by atoms with Crippen LogP contribution >= 0.6 is 0 Å². The Kier molecular flexibility index (Phi) is 9.17. The van der Waals surface area contributed by atoms with Crippen LogP contribution in [0.25, 0.3) is 0 Å². The average molecular weight is 445 g/mol. The van der Waals surface area contributed by atoms with E-state index in [2.05, 4.69) is 10.6 Å². The van der Waals surface area contributed by atoms with E-state index >= 15 is 0 Å². The zero-order valence-corrected chi connectivity index (χ0v) is 20.1. The van der Waals surface area contributed by atoms with Crippen LogP contribution in [-0.4, -0.2) is 58.8 Å². The molecule has 0 saturated heterocycles. The van der Waals surface area contributed by atoms with Gasteiger partial charge in [-0.15, -0.1) is 0 Å². The van der Waals surface area contributed by atoms with Gasteiger partial charge in [-0.05, 0) is 87.0 Å². The third-order valence-electron chi connectivity index (χ3n) is 4.99. The molecule has 0 atom stereocenters. The Hall–Kier alpha value is -2.03. The van der Waals surface area contributed by atoms with Crippen molar-refractivity contribution >= 4 is 18.2 Å². The van der Waals surface area contributed by atoms with Gasteiger partial charge in [0.1, 0.15) is 16.7 Å². The highest BCUT2D eigenvalue weighted by Gasteiger charge is 2.47. The molecule has 0 unspecified atom stereocenters. The van der Waals surface area contributed by atoms with E-state index in [1.165, 1.54) is 0 Å². The molecule has 3 N–H and O–H groups in total. The molecular weight excluding hydrogens is 404 g/mol. The van der Waals surface area contributed by atoms with Crippen molar-refractivity contribution in [1.29, 1.82) is 0 Å². The Labute approximate surface area is 185 Å². The minimum Gasteiger partial charge on any atom is -0.464 e. The van der Waals surface area contributed by atoms with Gasteiger partial charge in [-0.1, -0.05) is 0 Å². The number of carbonyl (C=O) groups excluding carboxylic acids is 3. The van der Waals surface area contributed by atoms with E-state index in [1.54, 1.807) is 27.7 Å². The highest BCUT2D eigenvalue weighted by molar-refractivity contribution is 5.86. The van der Waals surface area contributed by atoms with Gasteiger partial charge in [-0.25, -0.2) is 14.4 Å². The number of amides is 2. The minimum absolute atomic E-state index is 0.00770.